The number of rotatable bonds is 58. The normalized spacial score (nSPS) is 18.1. The molecule has 0 aromatic rings. The Morgan fingerprint density at radius 2 is 0.741 bits per heavy atom. The number of carboxylic acid groups (broad SMARTS) is 1. The van der Waals surface area contributed by atoms with Crippen LogP contribution in [0.25, 0.3) is 0 Å². The third-order valence-corrected chi connectivity index (χ3v) is 15.1. The Hall–Kier alpha value is -4.36. The monoisotopic (exact) mass is 1190 g/mol. The molecule has 486 valence electrons. The first-order valence-electron chi connectivity index (χ1n) is 34.2. The fraction of sp³-hybridized carbons (Fsp3) is 0.726. The minimum Gasteiger partial charge on any atom is -0.479 e. The molecule has 3 N–H and O–H groups in total. The van der Waals surface area contributed by atoms with E-state index in [1.165, 1.54) is 103 Å². The molecule has 0 amide bonds. The average Bonchev–Trinajstić information content (AvgIpc) is 3.53. The molecule has 0 saturated carbocycles. The lowest BCUT2D eigenvalue weighted by Crippen LogP contribution is -2.61. The first-order chi connectivity index (χ1) is 41.6. The van der Waals surface area contributed by atoms with E-state index >= 15 is 0 Å². The number of ether oxygens (including phenoxy) is 5. The van der Waals surface area contributed by atoms with Crippen LogP contribution in [0.5, 0.6) is 0 Å². The maximum Gasteiger partial charge on any atom is 0.335 e. The molecule has 0 aromatic carbocycles. The summed E-state index contributed by atoms with van der Waals surface area (Å²) in [6.45, 7) is 5.86. The molecule has 6 atom stereocenters. The minimum absolute atomic E-state index is 0.0393. The van der Waals surface area contributed by atoms with Crippen molar-refractivity contribution in [2.24, 2.45) is 0 Å². The molecule has 1 fully saturated rings. The van der Waals surface area contributed by atoms with Crippen LogP contribution in [0.1, 0.15) is 290 Å². The van der Waals surface area contributed by atoms with Gasteiger partial charge in [0.25, 0.3) is 0 Å². The summed E-state index contributed by atoms with van der Waals surface area (Å²) in [5.41, 5.74) is 0. The largest absolute Gasteiger partial charge is 0.479 e. The highest BCUT2D eigenvalue weighted by Gasteiger charge is 2.50. The van der Waals surface area contributed by atoms with Crippen molar-refractivity contribution in [3.05, 3.63) is 97.2 Å². The summed E-state index contributed by atoms with van der Waals surface area (Å²) in [5.74, 6) is -3.16. The second kappa shape index (κ2) is 59.9. The number of unbranched alkanes of at least 4 members (excludes halogenated alkanes) is 28. The Kier molecular flexibility index (Phi) is 55.5. The molecule has 85 heavy (non-hydrogen) atoms. The van der Waals surface area contributed by atoms with Crippen LogP contribution < -0.4 is 0 Å². The molecule has 12 nitrogen and oxygen atoms in total. The number of carbonyl (C=O) groups is 4. The molecule has 1 heterocycles. The minimum atomic E-state index is -1.92. The smallest absolute Gasteiger partial charge is 0.335 e. The fourth-order valence-electron chi connectivity index (χ4n) is 9.89. The lowest BCUT2D eigenvalue weighted by molar-refractivity contribution is -0.301. The van der Waals surface area contributed by atoms with Crippen molar-refractivity contribution in [1.29, 1.82) is 0 Å². The van der Waals surface area contributed by atoms with Gasteiger partial charge in [-0.25, -0.2) is 4.79 Å². The van der Waals surface area contributed by atoms with E-state index in [4.69, 9.17) is 23.7 Å². The maximum absolute atomic E-state index is 13.2. The van der Waals surface area contributed by atoms with Crippen molar-refractivity contribution >= 4 is 23.9 Å². The zero-order valence-electron chi connectivity index (χ0n) is 53.8. The molecule has 0 aromatic heterocycles. The van der Waals surface area contributed by atoms with Gasteiger partial charge >= 0.3 is 23.9 Å². The molecule has 1 rings (SSSR count). The summed E-state index contributed by atoms with van der Waals surface area (Å²) in [6, 6.07) is 0. The van der Waals surface area contributed by atoms with Crippen molar-refractivity contribution in [1.82, 2.24) is 0 Å². The van der Waals surface area contributed by atoms with E-state index < -0.39 is 67.3 Å². The van der Waals surface area contributed by atoms with Gasteiger partial charge in [-0.1, -0.05) is 246 Å². The predicted molar refractivity (Wildman–Crippen MR) is 349 cm³/mol. The third-order valence-electron chi connectivity index (χ3n) is 15.1. The van der Waals surface area contributed by atoms with Gasteiger partial charge in [0.1, 0.15) is 18.8 Å². The number of hydrogen-bond acceptors (Lipinski definition) is 11. The highest BCUT2D eigenvalue weighted by Crippen LogP contribution is 2.27. The Morgan fingerprint density at radius 3 is 1.16 bits per heavy atom. The highest BCUT2D eigenvalue weighted by molar-refractivity contribution is 5.74. The quantitative estimate of drug-likeness (QED) is 0.0228. The van der Waals surface area contributed by atoms with Gasteiger partial charge < -0.3 is 39.0 Å². The van der Waals surface area contributed by atoms with Crippen LogP contribution in [0.15, 0.2) is 97.2 Å². The Labute approximate surface area is 517 Å². The summed E-state index contributed by atoms with van der Waals surface area (Å²) >= 11 is 0. The van der Waals surface area contributed by atoms with E-state index in [0.29, 0.717) is 19.3 Å². The van der Waals surface area contributed by atoms with Crippen molar-refractivity contribution in [3.63, 3.8) is 0 Å². The SMILES string of the molecule is CC/C=C\C/C=C\C/C=C\C/C=C\CCCCCCC(=O)OC(COC(=O)CCCCCCCCCCC/C=C\CCCCCCCC)COC1OC(C(=O)O)C(O)C(O)C1OC(=O)CCCCCCCC/C=C\C/C=C\C/C=C\CCCCC. The van der Waals surface area contributed by atoms with Gasteiger partial charge in [-0.2, -0.15) is 0 Å². The molecular weight excluding hydrogens is 1070 g/mol. The number of hydrogen-bond donors (Lipinski definition) is 3. The fourth-order valence-corrected chi connectivity index (χ4v) is 9.89. The van der Waals surface area contributed by atoms with Gasteiger partial charge in [0, 0.05) is 19.3 Å². The molecule has 1 aliphatic heterocycles. The number of allylic oxidation sites excluding steroid dienone is 16. The van der Waals surface area contributed by atoms with Crippen LogP contribution in [0.2, 0.25) is 0 Å². The summed E-state index contributed by atoms with van der Waals surface area (Å²) in [5, 5.41) is 31.7. The van der Waals surface area contributed by atoms with E-state index in [1.54, 1.807) is 0 Å². The van der Waals surface area contributed by atoms with E-state index in [-0.39, 0.29) is 25.9 Å². The van der Waals surface area contributed by atoms with Gasteiger partial charge in [0.2, 0.25) is 0 Å². The van der Waals surface area contributed by atoms with Gasteiger partial charge in [-0.05, 0) is 122 Å². The number of carboxylic acids is 1. The number of aliphatic hydroxyl groups is 2. The van der Waals surface area contributed by atoms with E-state index in [9.17, 15) is 34.5 Å². The molecule has 0 aliphatic carbocycles. The predicted octanol–water partition coefficient (Wildman–Crippen LogP) is 18.8. The number of carbonyl (C=O) groups excluding carboxylic acids is 3. The van der Waals surface area contributed by atoms with E-state index in [1.807, 2.05) is 0 Å². The second-order valence-electron chi connectivity index (χ2n) is 23.1. The lowest BCUT2D eigenvalue weighted by atomic mass is 9.98. The summed E-state index contributed by atoms with van der Waals surface area (Å²) in [7, 11) is 0. The Bertz CT molecular complexity index is 1840. The molecule has 6 unspecified atom stereocenters. The standard InChI is InChI=1S/C73H122O12/c1-4-7-10-13-16-19-22-25-28-31-33-36-38-41-44-47-50-53-56-59-65(74)81-62-64(83-66(75)60-57-54-51-48-45-42-39-35-30-27-24-21-18-15-12-9-6-3)63-82-73-71(69(78)68(77)70(85-73)72(79)80)84-67(76)61-58-55-52-49-46-43-40-37-34-32-29-26-23-20-17-14-11-8-5-2/h9,12,17-18,20-21,25-30,34,37,39,42,64,68-71,73,77-78H,4-8,10-11,13-16,19,22-24,31-33,35-36,38,40-41,43-63H2,1-3H3,(H,79,80)/b12-9-,20-17-,21-18-,28-25-,29-26-,30-27-,37-34-,42-39-. The van der Waals surface area contributed by atoms with Crippen molar-refractivity contribution in [2.45, 2.75) is 327 Å². The molecule has 1 aliphatic rings. The molecule has 0 spiro atoms. The molecule has 12 heteroatoms. The topological polar surface area (TPSA) is 175 Å². The van der Waals surface area contributed by atoms with Gasteiger partial charge in [-0.3, -0.25) is 14.4 Å². The van der Waals surface area contributed by atoms with Crippen molar-refractivity contribution in [3.8, 4) is 0 Å². The Balaban J connectivity index is 2.67. The zero-order valence-corrected chi connectivity index (χ0v) is 53.8. The van der Waals surface area contributed by atoms with Crippen molar-refractivity contribution in [2.75, 3.05) is 13.2 Å². The first-order valence-corrected chi connectivity index (χ1v) is 34.2. The summed E-state index contributed by atoms with van der Waals surface area (Å²) in [6.07, 6.45) is 67.8. The third kappa shape index (κ3) is 49.3. The van der Waals surface area contributed by atoms with Gasteiger partial charge in [0.05, 0.1) is 6.61 Å². The molecule has 0 radical (unpaired) electrons. The van der Waals surface area contributed by atoms with Crippen LogP contribution >= 0.6 is 0 Å². The zero-order chi connectivity index (χ0) is 61.7. The number of aliphatic carboxylic acids is 1. The van der Waals surface area contributed by atoms with Crippen LogP contribution in [0, 0.1) is 0 Å². The van der Waals surface area contributed by atoms with Crippen LogP contribution in [-0.2, 0) is 42.9 Å². The van der Waals surface area contributed by atoms with Crippen molar-refractivity contribution < 1.29 is 58.2 Å². The lowest BCUT2D eigenvalue weighted by Gasteiger charge is -2.40. The van der Waals surface area contributed by atoms with Gasteiger partial charge in [0.15, 0.2) is 24.6 Å². The molecular formula is C73H122O12. The number of esters is 3. The van der Waals surface area contributed by atoms with Crippen LogP contribution in [-0.4, -0.2) is 89.2 Å². The van der Waals surface area contributed by atoms with E-state index in [2.05, 4.69) is 118 Å². The van der Waals surface area contributed by atoms with Crippen LogP contribution in [0.4, 0.5) is 0 Å². The second-order valence-corrected chi connectivity index (χ2v) is 23.1. The van der Waals surface area contributed by atoms with Gasteiger partial charge in [-0.15, -0.1) is 0 Å². The molecule has 0 bridgehead atoms. The summed E-state index contributed by atoms with van der Waals surface area (Å²) < 4.78 is 28.6. The average molecular weight is 1190 g/mol. The molecule has 1 saturated heterocycles. The summed E-state index contributed by atoms with van der Waals surface area (Å²) in [4.78, 5) is 51.4. The highest BCUT2D eigenvalue weighted by atomic mass is 16.7. The van der Waals surface area contributed by atoms with Crippen LogP contribution in [0.3, 0.4) is 0 Å². The first kappa shape index (κ1) is 78.7. The van der Waals surface area contributed by atoms with E-state index in [0.717, 1.165) is 128 Å². The number of aliphatic hydroxyl groups excluding tert-OH is 2. The Morgan fingerprint density at radius 1 is 0.400 bits per heavy atom. The maximum atomic E-state index is 13.2.